The fraction of sp³-hybridized carbons (Fsp3) is 0.0417. The van der Waals surface area contributed by atoms with Crippen LogP contribution in [-0.4, -0.2) is 24.3 Å². The van der Waals surface area contributed by atoms with Crippen LogP contribution in [0.5, 0.6) is 11.5 Å². The zero-order chi connectivity index (χ0) is 22.3. The van der Waals surface area contributed by atoms with E-state index in [2.05, 4.69) is 31.4 Å². The molecule has 0 fully saturated rings. The number of nitrogens with one attached hydrogen (secondary N) is 1. The maximum Gasteiger partial charge on any atom is 0.343 e. The molecule has 0 aliphatic carbocycles. The minimum atomic E-state index is -0.430. The average Bonchev–Trinajstić information content (AvgIpc) is 3.29. The summed E-state index contributed by atoms with van der Waals surface area (Å²) in [4.78, 5) is 16.8. The maximum absolute atomic E-state index is 12.2. The number of hydrogen-bond donors (Lipinski definition) is 1. The Labute approximate surface area is 197 Å². The Morgan fingerprint density at radius 3 is 2.38 bits per heavy atom. The van der Waals surface area contributed by atoms with Gasteiger partial charge in [-0.3, -0.25) is 5.43 Å². The first-order chi connectivity index (χ1) is 15.6. The van der Waals surface area contributed by atoms with Gasteiger partial charge in [-0.2, -0.15) is 5.10 Å². The summed E-state index contributed by atoms with van der Waals surface area (Å²) in [5, 5.41) is 6.91. The molecular formula is C24H18BrN3O3S. The molecule has 4 rings (SSSR count). The number of aromatic nitrogens is 1. The van der Waals surface area contributed by atoms with Crippen LogP contribution in [0.1, 0.15) is 15.9 Å². The Hall–Kier alpha value is -3.49. The van der Waals surface area contributed by atoms with Gasteiger partial charge in [0, 0.05) is 15.4 Å². The summed E-state index contributed by atoms with van der Waals surface area (Å²) in [5.41, 5.74) is 6.18. The highest BCUT2D eigenvalue weighted by molar-refractivity contribution is 9.10. The smallest absolute Gasteiger partial charge is 0.343 e. The normalized spacial score (nSPS) is 10.8. The van der Waals surface area contributed by atoms with Gasteiger partial charge in [-0.15, -0.1) is 11.3 Å². The van der Waals surface area contributed by atoms with Crippen molar-refractivity contribution in [1.29, 1.82) is 0 Å². The number of nitrogens with zero attached hydrogens (tertiary/aromatic N) is 2. The molecule has 32 heavy (non-hydrogen) atoms. The lowest BCUT2D eigenvalue weighted by molar-refractivity contribution is 0.0734. The highest BCUT2D eigenvalue weighted by Gasteiger charge is 2.08. The Balaban J connectivity index is 1.32. The monoisotopic (exact) mass is 507 g/mol. The Bertz CT molecular complexity index is 1220. The number of hydrazone groups is 1. The van der Waals surface area contributed by atoms with Crippen molar-refractivity contribution in [2.45, 2.75) is 0 Å². The summed E-state index contributed by atoms with van der Waals surface area (Å²) in [6.07, 6.45) is 1.68. The van der Waals surface area contributed by atoms with Crippen LogP contribution in [0.3, 0.4) is 0 Å². The van der Waals surface area contributed by atoms with Gasteiger partial charge in [0.15, 0.2) is 0 Å². The van der Waals surface area contributed by atoms with Gasteiger partial charge < -0.3 is 9.47 Å². The van der Waals surface area contributed by atoms with Gasteiger partial charge in [0.05, 0.1) is 24.6 Å². The SMILES string of the molecule is COc1ccc(C(=O)Oc2ccc(/C=N\Nc3nc(-c4ccc(Br)cc4)cs3)cc2)cc1. The second-order valence-corrected chi connectivity index (χ2v) is 8.38. The van der Waals surface area contributed by atoms with E-state index in [4.69, 9.17) is 9.47 Å². The molecule has 0 amide bonds. The highest BCUT2D eigenvalue weighted by Crippen LogP contribution is 2.26. The van der Waals surface area contributed by atoms with Gasteiger partial charge in [0.2, 0.25) is 5.13 Å². The molecule has 3 aromatic carbocycles. The number of methoxy groups -OCH3 is 1. The lowest BCUT2D eigenvalue weighted by Crippen LogP contribution is -2.08. The maximum atomic E-state index is 12.2. The standard InChI is InChI=1S/C24H18BrN3O3S/c1-30-20-12-6-18(7-13-20)23(29)31-21-10-2-16(3-11-21)14-26-28-24-27-22(15-32-24)17-4-8-19(25)9-5-17/h2-15H,1H3,(H,27,28)/b26-14-. The van der Waals surface area contributed by atoms with E-state index in [1.54, 1.807) is 49.7 Å². The summed E-state index contributed by atoms with van der Waals surface area (Å²) in [7, 11) is 1.58. The number of carbonyl (C=O) groups excluding carboxylic acids is 1. The predicted octanol–water partition coefficient (Wildman–Crippen LogP) is 6.25. The summed E-state index contributed by atoms with van der Waals surface area (Å²) < 4.78 is 11.5. The summed E-state index contributed by atoms with van der Waals surface area (Å²) >= 11 is 4.91. The molecule has 6 nitrogen and oxygen atoms in total. The van der Waals surface area contributed by atoms with E-state index in [1.165, 1.54) is 11.3 Å². The molecule has 0 bridgehead atoms. The lowest BCUT2D eigenvalue weighted by Gasteiger charge is -2.05. The largest absolute Gasteiger partial charge is 0.497 e. The first-order valence-corrected chi connectivity index (χ1v) is 11.2. The number of hydrogen-bond acceptors (Lipinski definition) is 7. The van der Waals surface area contributed by atoms with Crippen molar-refractivity contribution in [3.05, 3.63) is 93.8 Å². The number of halogens is 1. The molecule has 4 aromatic rings. The number of thiazole rings is 1. The zero-order valence-corrected chi connectivity index (χ0v) is 19.4. The van der Waals surface area contributed by atoms with Crippen LogP contribution < -0.4 is 14.9 Å². The van der Waals surface area contributed by atoms with Crippen molar-refractivity contribution in [2.24, 2.45) is 5.10 Å². The summed E-state index contributed by atoms with van der Waals surface area (Å²) in [6, 6.07) is 21.8. The Morgan fingerprint density at radius 2 is 1.69 bits per heavy atom. The molecule has 0 saturated heterocycles. The van der Waals surface area contributed by atoms with Crippen molar-refractivity contribution in [3.63, 3.8) is 0 Å². The fourth-order valence-corrected chi connectivity index (χ4v) is 3.69. The predicted molar refractivity (Wildman–Crippen MR) is 131 cm³/mol. The van der Waals surface area contributed by atoms with Gasteiger partial charge >= 0.3 is 5.97 Å². The highest BCUT2D eigenvalue weighted by atomic mass is 79.9. The molecule has 0 aliphatic rings. The molecule has 0 unspecified atom stereocenters. The molecule has 1 aromatic heterocycles. The van der Waals surface area contributed by atoms with Crippen LogP contribution in [0.15, 0.2) is 87.8 Å². The first-order valence-electron chi connectivity index (χ1n) is 9.57. The number of benzene rings is 3. The van der Waals surface area contributed by atoms with Crippen LogP contribution in [0, 0.1) is 0 Å². The van der Waals surface area contributed by atoms with Crippen molar-refractivity contribution < 1.29 is 14.3 Å². The van der Waals surface area contributed by atoms with E-state index in [0.717, 1.165) is 21.3 Å². The minimum absolute atomic E-state index is 0.430. The van der Waals surface area contributed by atoms with Crippen LogP contribution in [0.2, 0.25) is 0 Å². The molecule has 160 valence electrons. The summed E-state index contributed by atoms with van der Waals surface area (Å²) in [6.45, 7) is 0. The van der Waals surface area contributed by atoms with Gasteiger partial charge in [0.1, 0.15) is 11.5 Å². The molecule has 0 aliphatic heterocycles. The van der Waals surface area contributed by atoms with Gasteiger partial charge in [0.25, 0.3) is 0 Å². The quantitative estimate of drug-likeness (QED) is 0.138. The van der Waals surface area contributed by atoms with Crippen molar-refractivity contribution >= 4 is 44.6 Å². The van der Waals surface area contributed by atoms with Crippen LogP contribution >= 0.6 is 27.3 Å². The van der Waals surface area contributed by atoms with Gasteiger partial charge in [-0.25, -0.2) is 9.78 Å². The molecule has 1 N–H and O–H groups in total. The Morgan fingerprint density at radius 1 is 1.00 bits per heavy atom. The first kappa shape index (κ1) is 21.7. The number of anilines is 1. The fourth-order valence-electron chi connectivity index (χ4n) is 2.76. The van der Waals surface area contributed by atoms with E-state index in [0.29, 0.717) is 22.2 Å². The second-order valence-electron chi connectivity index (χ2n) is 6.60. The molecule has 0 radical (unpaired) electrons. The number of rotatable bonds is 7. The van der Waals surface area contributed by atoms with Gasteiger partial charge in [-0.1, -0.05) is 28.1 Å². The molecule has 1 heterocycles. The number of ether oxygens (including phenoxy) is 2. The average molecular weight is 508 g/mol. The Kier molecular flexibility index (Phi) is 6.94. The van der Waals surface area contributed by atoms with Crippen LogP contribution in [-0.2, 0) is 0 Å². The van der Waals surface area contributed by atoms with E-state index in [1.807, 2.05) is 41.8 Å². The minimum Gasteiger partial charge on any atom is -0.497 e. The van der Waals surface area contributed by atoms with Crippen molar-refractivity contribution in [1.82, 2.24) is 4.98 Å². The molecule has 0 saturated carbocycles. The molecular weight excluding hydrogens is 490 g/mol. The third-order valence-corrected chi connectivity index (χ3v) is 5.71. The van der Waals surface area contributed by atoms with E-state index in [-0.39, 0.29) is 0 Å². The topological polar surface area (TPSA) is 72.8 Å². The molecule has 0 spiro atoms. The third kappa shape index (κ3) is 5.60. The lowest BCUT2D eigenvalue weighted by atomic mass is 10.2. The van der Waals surface area contributed by atoms with E-state index >= 15 is 0 Å². The molecule has 8 heteroatoms. The van der Waals surface area contributed by atoms with Crippen molar-refractivity contribution in [2.75, 3.05) is 12.5 Å². The third-order valence-electron chi connectivity index (χ3n) is 4.43. The van der Waals surface area contributed by atoms with Crippen molar-refractivity contribution in [3.8, 4) is 22.8 Å². The van der Waals surface area contributed by atoms with Crippen LogP contribution in [0.25, 0.3) is 11.3 Å². The second kappa shape index (κ2) is 10.2. The molecule has 0 atom stereocenters. The van der Waals surface area contributed by atoms with E-state index in [9.17, 15) is 4.79 Å². The summed E-state index contributed by atoms with van der Waals surface area (Å²) in [5.74, 6) is 0.706. The number of esters is 1. The zero-order valence-electron chi connectivity index (χ0n) is 17.0. The van der Waals surface area contributed by atoms with Gasteiger partial charge in [-0.05, 0) is 66.2 Å². The number of carbonyl (C=O) groups is 1. The van der Waals surface area contributed by atoms with Crippen LogP contribution in [0.4, 0.5) is 5.13 Å². The van der Waals surface area contributed by atoms with E-state index < -0.39 is 5.97 Å².